The van der Waals surface area contributed by atoms with Gasteiger partial charge in [-0.15, -0.1) is 0 Å². The number of hydrogen-bond donors (Lipinski definition) is 1. The largest absolute Gasteiger partial charge is 0.348 e. The van der Waals surface area contributed by atoms with E-state index < -0.39 is 0 Å². The number of aromatic nitrogens is 2. The molecule has 0 aliphatic carbocycles. The predicted octanol–water partition coefficient (Wildman–Crippen LogP) is 2.17. The molecule has 70 valence electrons. The molecular weight excluding hydrogens is 202 g/mol. The van der Waals surface area contributed by atoms with Gasteiger partial charge in [0.05, 0.1) is 12.0 Å². The molecule has 3 nitrogen and oxygen atoms in total. The van der Waals surface area contributed by atoms with Crippen LogP contribution in [0.25, 0.3) is 0 Å². The Labute approximate surface area is 86.3 Å². The lowest BCUT2D eigenvalue weighted by Gasteiger charge is -1.97. The van der Waals surface area contributed by atoms with Gasteiger partial charge >= 0.3 is 0 Å². The summed E-state index contributed by atoms with van der Waals surface area (Å²) in [4.78, 5) is 7.22. The highest BCUT2D eigenvalue weighted by molar-refractivity contribution is 8.05. The standard InChI is InChI=1S/C8H11N3S2/c1-7-8(11-6-10-7)4-12-2-3-13-5-9/h6H,2-4H2,1H3,(H,10,11). The lowest BCUT2D eigenvalue weighted by atomic mass is 10.4. The van der Waals surface area contributed by atoms with E-state index >= 15 is 0 Å². The Balaban J connectivity index is 2.14. The number of nitrogens with zero attached hydrogens (tertiary/aromatic N) is 2. The number of imidazole rings is 1. The molecule has 1 aromatic heterocycles. The van der Waals surface area contributed by atoms with E-state index in [4.69, 9.17) is 5.26 Å². The van der Waals surface area contributed by atoms with Crippen molar-refractivity contribution in [1.82, 2.24) is 9.97 Å². The van der Waals surface area contributed by atoms with Crippen molar-refractivity contribution in [2.45, 2.75) is 12.7 Å². The zero-order valence-corrected chi connectivity index (χ0v) is 9.04. The van der Waals surface area contributed by atoms with Crippen LogP contribution in [-0.4, -0.2) is 21.5 Å². The summed E-state index contributed by atoms with van der Waals surface area (Å²) in [5, 5.41) is 10.3. The van der Waals surface area contributed by atoms with E-state index in [2.05, 4.69) is 15.4 Å². The van der Waals surface area contributed by atoms with Crippen molar-refractivity contribution in [2.24, 2.45) is 0 Å². The van der Waals surface area contributed by atoms with Crippen LogP contribution in [0.3, 0.4) is 0 Å². The average Bonchev–Trinajstić information content (AvgIpc) is 2.52. The molecule has 1 N–H and O–H groups in total. The molecule has 0 saturated heterocycles. The molecule has 1 aromatic rings. The first-order valence-corrected chi connectivity index (χ1v) is 6.06. The summed E-state index contributed by atoms with van der Waals surface area (Å²) in [6, 6.07) is 0. The third-order valence-electron chi connectivity index (χ3n) is 1.57. The van der Waals surface area contributed by atoms with Crippen molar-refractivity contribution >= 4 is 23.5 Å². The summed E-state index contributed by atoms with van der Waals surface area (Å²) >= 11 is 3.12. The Morgan fingerprint density at radius 1 is 1.62 bits per heavy atom. The number of thiocyanates is 1. The number of nitrogens with one attached hydrogen (secondary N) is 1. The molecule has 0 unspecified atom stereocenters. The molecule has 0 radical (unpaired) electrons. The summed E-state index contributed by atoms with van der Waals surface area (Å²) in [7, 11) is 0. The monoisotopic (exact) mass is 213 g/mol. The van der Waals surface area contributed by atoms with E-state index in [9.17, 15) is 0 Å². The zero-order valence-electron chi connectivity index (χ0n) is 7.41. The lowest BCUT2D eigenvalue weighted by Crippen LogP contribution is -1.88. The highest BCUT2D eigenvalue weighted by Gasteiger charge is 1.99. The smallest absolute Gasteiger partial charge is 0.133 e. The van der Waals surface area contributed by atoms with Gasteiger partial charge in [-0.2, -0.15) is 17.0 Å². The summed E-state index contributed by atoms with van der Waals surface area (Å²) in [6.07, 6.45) is 1.72. The van der Waals surface area contributed by atoms with Gasteiger partial charge in [0.1, 0.15) is 5.40 Å². The van der Waals surface area contributed by atoms with Crippen molar-refractivity contribution in [3.05, 3.63) is 17.7 Å². The molecule has 0 saturated carbocycles. The van der Waals surface area contributed by atoms with Crippen molar-refractivity contribution in [3.63, 3.8) is 0 Å². The van der Waals surface area contributed by atoms with Crippen LogP contribution in [0.5, 0.6) is 0 Å². The first kappa shape index (κ1) is 10.5. The fourth-order valence-electron chi connectivity index (χ4n) is 0.848. The number of H-pyrrole nitrogens is 1. The molecule has 0 amide bonds. The van der Waals surface area contributed by atoms with Gasteiger partial charge in [0.15, 0.2) is 0 Å². The summed E-state index contributed by atoms with van der Waals surface area (Å²) in [5.41, 5.74) is 2.26. The lowest BCUT2D eigenvalue weighted by molar-refractivity contribution is 1.19. The van der Waals surface area contributed by atoms with Crippen molar-refractivity contribution in [3.8, 4) is 5.40 Å². The SMILES string of the molecule is Cc1[nH]cnc1CSCCSC#N. The third-order valence-corrected chi connectivity index (χ3v) is 3.33. The molecule has 1 rings (SSSR count). The first-order valence-electron chi connectivity index (χ1n) is 3.92. The number of hydrogen-bond acceptors (Lipinski definition) is 4. The van der Waals surface area contributed by atoms with E-state index in [0.717, 1.165) is 28.6 Å². The summed E-state index contributed by atoms with van der Waals surface area (Å²) in [5.74, 6) is 2.83. The second-order valence-corrected chi connectivity index (χ2v) is 4.45. The van der Waals surface area contributed by atoms with E-state index in [0.29, 0.717) is 0 Å². The Bertz CT molecular complexity index is 290. The second kappa shape index (κ2) is 5.95. The van der Waals surface area contributed by atoms with E-state index in [1.807, 2.05) is 18.7 Å². The van der Waals surface area contributed by atoms with E-state index in [1.54, 1.807) is 6.33 Å². The van der Waals surface area contributed by atoms with Crippen LogP contribution in [0.1, 0.15) is 11.4 Å². The van der Waals surface area contributed by atoms with Gasteiger partial charge in [0.2, 0.25) is 0 Å². The Morgan fingerprint density at radius 2 is 2.46 bits per heavy atom. The van der Waals surface area contributed by atoms with Gasteiger partial charge in [-0.25, -0.2) is 4.98 Å². The van der Waals surface area contributed by atoms with Gasteiger partial charge in [0.25, 0.3) is 0 Å². The molecule has 0 aromatic carbocycles. The number of nitriles is 1. The van der Waals surface area contributed by atoms with Crippen LogP contribution in [0.4, 0.5) is 0 Å². The van der Waals surface area contributed by atoms with Crippen LogP contribution in [0.2, 0.25) is 0 Å². The van der Waals surface area contributed by atoms with Gasteiger partial charge in [-0.1, -0.05) is 0 Å². The highest BCUT2D eigenvalue weighted by Crippen LogP contribution is 2.13. The fourth-order valence-corrected chi connectivity index (χ4v) is 2.37. The maximum Gasteiger partial charge on any atom is 0.133 e. The topological polar surface area (TPSA) is 52.5 Å². The molecule has 0 spiro atoms. The zero-order chi connectivity index (χ0) is 9.52. The predicted molar refractivity (Wildman–Crippen MR) is 57.6 cm³/mol. The average molecular weight is 213 g/mol. The molecule has 13 heavy (non-hydrogen) atoms. The van der Waals surface area contributed by atoms with E-state index in [1.165, 1.54) is 11.8 Å². The van der Waals surface area contributed by atoms with Gasteiger partial charge in [-0.3, -0.25) is 0 Å². The van der Waals surface area contributed by atoms with E-state index in [-0.39, 0.29) is 0 Å². The molecule has 0 aliphatic rings. The molecule has 5 heteroatoms. The van der Waals surface area contributed by atoms with Crippen molar-refractivity contribution in [2.75, 3.05) is 11.5 Å². The highest BCUT2D eigenvalue weighted by atomic mass is 32.2. The first-order chi connectivity index (χ1) is 6.34. The third kappa shape index (κ3) is 3.75. The minimum atomic E-state index is 0.893. The van der Waals surface area contributed by atoms with Crippen LogP contribution in [0.15, 0.2) is 6.33 Å². The summed E-state index contributed by atoms with van der Waals surface area (Å²) < 4.78 is 0. The molecular formula is C8H11N3S2. The van der Waals surface area contributed by atoms with Gasteiger partial charge in [-0.05, 0) is 18.7 Å². The van der Waals surface area contributed by atoms with Gasteiger partial charge < -0.3 is 4.98 Å². The Hall–Kier alpha value is -0.600. The van der Waals surface area contributed by atoms with Crippen molar-refractivity contribution in [1.29, 1.82) is 5.26 Å². The molecule has 0 bridgehead atoms. The molecule has 0 atom stereocenters. The molecule has 0 fully saturated rings. The second-order valence-electron chi connectivity index (χ2n) is 2.47. The number of aryl methyl sites for hydroxylation is 1. The number of aromatic amines is 1. The van der Waals surface area contributed by atoms with Crippen LogP contribution < -0.4 is 0 Å². The maximum absolute atomic E-state index is 8.28. The Morgan fingerprint density at radius 3 is 3.08 bits per heavy atom. The minimum Gasteiger partial charge on any atom is -0.348 e. The van der Waals surface area contributed by atoms with Crippen LogP contribution >= 0.6 is 23.5 Å². The normalized spacial score (nSPS) is 9.85. The minimum absolute atomic E-state index is 0.893. The van der Waals surface area contributed by atoms with Crippen molar-refractivity contribution < 1.29 is 0 Å². The van der Waals surface area contributed by atoms with Crippen LogP contribution in [0, 0.1) is 17.6 Å². The van der Waals surface area contributed by atoms with Gasteiger partial charge in [0, 0.05) is 23.0 Å². The molecule has 1 heterocycles. The summed E-state index contributed by atoms with van der Waals surface area (Å²) in [6.45, 7) is 2.02. The number of thioether (sulfide) groups is 2. The Kier molecular flexibility index (Phi) is 4.79. The molecule has 0 aliphatic heterocycles. The quantitative estimate of drug-likeness (QED) is 0.601. The van der Waals surface area contributed by atoms with Crippen LogP contribution in [-0.2, 0) is 5.75 Å². The fraction of sp³-hybridized carbons (Fsp3) is 0.500. The number of rotatable bonds is 5. The maximum atomic E-state index is 8.28.